The summed E-state index contributed by atoms with van der Waals surface area (Å²) >= 11 is 0. The normalized spacial score (nSPS) is 12.4. The van der Waals surface area contributed by atoms with Crippen molar-refractivity contribution in [2.24, 2.45) is 0 Å². The second-order valence-corrected chi connectivity index (χ2v) is 19.3. The zero-order valence-corrected chi connectivity index (χ0v) is 39.6. The van der Waals surface area contributed by atoms with E-state index in [0.29, 0.717) is 23.0 Å². The van der Waals surface area contributed by atoms with Crippen LogP contribution in [0.25, 0.3) is 104 Å². The molecule has 0 atom stereocenters. The Labute approximate surface area is 392 Å². The SMILES string of the molecule is Cc1c(-c2ccc3c(c2)c2cccc4c5ccccc5n3c42)oc2c(-c3[c-]ccc(C(C)(C)C)c3)nc(Oc3nc(-c4[c-]c5ccccc5c(C(C)(C)C)c4)cc4ccccc34)cc12.[Pt+2]. The Morgan fingerprint density at radius 1 is 0.600 bits per heavy atom. The van der Waals surface area contributed by atoms with Gasteiger partial charge in [-0.05, 0) is 53.5 Å². The predicted molar refractivity (Wildman–Crippen MR) is 264 cm³/mol. The fourth-order valence-electron chi connectivity index (χ4n) is 9.82. The van der Waals surface area contributed by atoms with Crippen molar-refractivity contribution in [3.05, 3.63) is 174 Å². The summed E-state index contributed by atoms with van der Waals surface area (Å²) in [5.74, 6) is 1.69. The van der Waals surface area contributed by atoms with Gasteiger partial charge in [-0.1, -0.05) is 131 Å². The Morgan fingerprint density at radius 2 is 1.31 bits per heavy atom. The van der Waals surface area contributed by atoms with Crippen molar-refractivity contribution < 1.29 is 30.2 Å². The van der Waals surface area contributed by atoms with Crippen LogP contribution < -0.4 is 4.74 Å². The van der Waals surface area contributed by atoms with E-state index in [9.17, 15) is 0 Å². The zero-order valence-electron chi connectivity index (χ0n) is 37.3. The molecular weight excluding hydrogens is 978 g/mol. The van der Waals surface area contributed by atoms with E-state index in [1.807, 2.05) is 18.2 Å². The number of rotatable bonds is 5. The molecule has 0 unspecified atom stereocenters. The molecule has 65 heavy (non-hydrogen) atoms. The van der Waals surface area contributed by atoms with Gasteiger partial charge in [-0.25, -0.2) is 0 Å². The van der Waals surface area contributed by atoms with Crippen molar-refractivity contribution >= 4 is 70.6 Å². The van der Waals surface area contributed by atoms with Gasteiger partial charge in [0, 0.05) is 60.9 Å². The molecule has 0 radical (unpaired) electrons. The third-order valence-corrected chi connectivity index (χ3v) is 13.1. The summed E-state index contributed by atoms with van der Waals surface area (Å²) in [5, 5.41) is 10.0. The minimum atomic E-state index is -0.0907. The number of benzene rings is 7. The Morgan fingerprint density at radius 3 is 2.11 bits per heavy atom. The number of para-hydroxylation sites is 2. The number of aromatic nitrogens is 3. The van der Waals surface area contributed by atoms with Gasteiger partial charge < -0.3 is 13.6 Å². The van der Waals surface area contributed by atoms with E-state index in [0.717, 1.165) is 55.3 Å². The maximum Gasteiger partial charge on any atom is 2.00 e. The molecule has 0 saturated carbocycles. The van der Waals surface area contributed by atoms with E-state index in [4.69, 9.17) is 19.1 Å². The molecule has 12 rings (SSSR count). The van der Waals surface area contributed by atoms with Crippen LogP contribution in [0.2, 0.25) is 0 Å². The van der Waals surface area contributed by atoms with Gasteiger partial charge in [0.15, 0.2) is 0 Å². The quantitative estimate of drug-likeness (QED) is 0.161. The average molecular weight is 1020 g/mol. The van der Waals surface area contributed by atoms with Gasteiger partial charge in [-0.15, -0.1) is 64.5 Å². The van der Waals surface area contributed by atoms with Crippen molar-refractivity contribution in [2.45, 2.75) is 59.3 Å². The molecule has 6 heteroatoms. The van der Waals surface area contributed by atoms with Crippen LogP contribution in [0.3, 0.4) is 0 Å². The van der Waals surface area contributed by atoms with Crippen LogP contribution in [0.4, 0.5) is 0 Å². The van der Waals surface area contributed by atoms with Crippen LogP contribution in [0.5, 0.6) is 11.8 Å². The molecule has 0 bridgehead atoms. The first-order valence-electron chi connectivity index (χ1n) is 22.1. The number of pyridine rings is 2. The summed E-state index contributed by atoms with van der Waals surface area (Å²) in [6.45, 7) is 15.6. The van der Waals surface area contributed by atoms with Crippen LogP contribution in [0.1, 0.15) is 58.2 Å². The van der Waals surface area contributed by atoms with E-state index < -0.39 is 0 Å². The standard InChI is InChI=1S/C59H45N3O2.Pt/c1-34-46-33-52(63-57-42-21-11-9-17-36(42)32-49(60-57)39-28-35-16-8-10-20-41(35)48(31-39)59(5,6)7)61-53(37-18-14-19-40(29-37)58(2,3)4)56(46)64-55(34)38-26-27-51-47(30-38)45-24-15-23-44-43-22-12-13-25-50(43)62(51)54(44)45;/h8-17,19-27,29-33H,1-7H3;/q-2;+2. The molecule has 7 aromatic carbocycles. The maximum atomic E-state index is 7.02. The van der Waals surface area contributed by atoms with Gasteiger partial charge in [0.05, 0.1) is 16.6 Å². The molecule has 0 amide bonds. The molecule has 0 spiro atoms. The van der Waals surface area contributed by atoms with Crippen molar-refractivity contribution in [3.8, 4) is 45.6 Å². The van der Waals surface area contributed by atoms with Gasteiger partial charge in [0.2, 0.25) is 11.8 Å². The summed E-state index contributed by atoms with van der Waals surface area (Å²) < 4.78 is 16.4. The summed E-state index contributed by atoms with van der Waals surface area (Å²) in [5.41, 5.74) is 11.8. The van der Waals surface area contributed by atoms with Crippen molar-refractivity contribution in [3.63, 3.8) is 0 Å². The van der Waals surface area contributed by atoms with E-state index in [1.54, 1.807) is 0 Å². The Hall–Kier alpha value is -6.81. The fraction of sp³-hybridized carbons (Fsp3) is 0.153. The number of fused-ring (bicyclic) bond motifs is 9. The van der Waals surface area contributed by atoms with Crippen LogP contribution in [-0.4, -0.2) is 14.4 Å². The first-order valence-corrected chi connectivity index (χ1v) is 22.1. The van der Waals surface area contributed by atoms with Gasteiger partial charge in [0.1, 0.15) is 11.3 Å². The van der Waals surface area contributed by atoms with Crippen LogP contribution in [0.15, 0.2) is 150 Å². The van der Waals surface area contributed by atoms with Crippen LogP contribution in [-0.2, 0) is 31.9 Å². The van der Waals surface area contributed by atoms with Crippen molar-refractivity contribution in [2.75, 3.05) is 0 Å². The molecule has 0 aliphatic heterocycles. The van der Waals surface area contributed by atoms with Gasteiger partial charge in [-0.3, -0.25) is 9.97 Å². The molecular formula is C59H45N3O2Pt. The molecule has 318 valence electrons. The fourth-order valence-corrected chi connectivity index (χ4v) is 9.82. The van der Waals surface area contributed by atoms with Crippen LogP contribution in [0, 0.1) is 19.1 Å². The smallest absolute Gasteiger partial charge is 0.463 e. The number of ether oxygens (including phenoxy) is 1. The minimum absolute atomic E-state index is 0. The second kappa shape index (κ2) is 14.9. The first-order chi connectivity index (χ1) is 30.9. The van der Waals surface area contributed by atoms with Crippen LogP contribution >= 0.6 is 0 Å². The molecule has 5 heterocycles. The second-order valence-electron chi connectivity index (χ2n) is 19.3. The minimum Gasteiger partial charge on any atom is -0.463 e. The molecule has 0 saturated heterocycles. The third kappa shape index (κ3) is 6.54. The molecule has 0 aliphatic carbocycles. The molecule has 0 aliphatic rings. The number of hydrogen-bond acceptors (Lipinski definition) is 4. The maximum absolute atomic E-state index is 7.02. The third-order valence-electron chi connectivity index (χ3n) is 13.1. The molecule has 5 aromatic heterocycles. The Balaban J connectivity index is 0.00000469. The number of nitrogens with zero attached hydrogens (tertiary/aromatic N) is 3. The zero-order chi connectivity index (χ0) is 43.6. The number of hydrogen-bond donors (Lipinski definition) is 0. The van der Waals surface area contributed by atoms with E-state index in [-0.39, 0.29) is 31.9 Å². The Kier molecular flexibility index (Phi) is 9.36. The molecule has 5 nitrogen and oxygen atoms in total. The van der Waals surface area contributed by atoms with Gasteiger partial charge in [-0.2, -0.15) is 0 Å². The number of furan rings is 1. The monoisotopic (exact) mass is 1020 g/mol. The predicted octanol–water partition coefficient (Wildman–Crippen LogP) is 16.0. The molecule has 0 N–H and O–H groups in total. The van der Waals surface area contributed by atoms with E-state index in [1.165, 1.54) is 54.6 Å². The summed E-state index contributed by atoms with van der Waals surface area (Å²) in [6.07, 6.45) is 0. The van der Waals surface area contributed by atoms with Gasteiger partial charge >= 0.3 is 21.1 Å². The molecule has 0 fully saturated rings. The van der Waals surface area contributed by atoms with Gasteiger partial charge in [0.25, 0.3) is 0 Å². The van der Waals surface area contributed by atoms with Crippen molar-refractivity contribution in [1.82, 2.24) is 14.4 Å². The summed E-state index contributed by atoms with van der Waals surface area (Å²) in [4.78, 5) is 10.5. The van der Waals surface area contributed by atoms with E-state index in [2.05, 4.69) is 192 Å². The first kappa shape index (κ1) is 40.9. The van der Waals surface area contributed by atoms with Crippen molar-refractivity contribution in [1.29, 1.82) is 0 Å². The largest absolute Gasteiger partial charge is 2.00 e. The molecule has 12 aromatic rings. The Bertz CT molecular complexity index is 3860. The average Bonchev–Trinajstić information content (AvgIpc) is 3.94. The number of aryl methyl sites for hydroxylation is 1. The van der Waals surface area contributed by atoms with E-state index >= 15 is 0 Å². The topological polar surface area (TPSA) is 52.6 Å². The summed E-state index contributed by atoms with van der Waals surface area (Å²) in [6, 6.07) is 58.6. The summed E-state index contributed by atoms with van der Waals surface area (Å²) in [7, 11) is 0.